The minimum absolute atomic E-state index is 0.585. The Morgan fingerprint density at radius 3 is 1.89 bits per heavy atom. The number of rotatable bonds is 4. The Balaban J connectivity index is 1.11. The molecule has 3 heterocycles. The highest BCUT2D eigenvalue weighted by Crippen LogP contribution is 2.48. The first-order valence-electron chi connectivity index (χ1n) is 15.6. The van der Waals surface area contributed by atoms with E-state index in [4.69, 9.17) is 19.4 Å². The van der Waals surface area contributed by atoms with Crippen LogP contribution in [0.25, 0.3) is 100 Å². The molecular weight excluding hydrogens is 576 g/mol. The lowest BCUT2D eigenvalue weighted by atomic mass is 9.95. The third-order valence-corrected chi connectivity index (χ3v) is 9.14. The van der Waals surface area contributed by atoms with Crippen molar-refractivity contribution in [3.05, 3.63) is 146 Å². The topological polar surface area (TPSA) is 64.7 Å². The summed E-state index contributed by atoms with van der Waals surface area (Å²) in [5, 5.41) is 4.45. The Hall–Kier alpha value is -6.46. The standard InChI is InChI=1S/C42H24N4O/c1-2-9-26(10-3-1)39-44-40(46-41(45-39)33-15-7-17-36-38(33)34-16-8-22-43-42(34)47-36)27-20-18-25(19-21-27)29-23-28-11-6-14-32-30-12-4-5-13-31(30)35(24-29)37(28)32/h1-24H. The molecule has 0 saturated heterocycles. The third-order valence-electron chi connectivity index (χ3n) is 9.14. The minimum Gasteiger partial charge on any atom is -0.438 e. The molecule has 1 aliphatic rings. The van der Waals surface area contributed by atoms with E-state index in [1.54, 1.807) is 6.20 Å². The molecule has 10 rings (SSSR count). The molecule has 1 aliphatic carbocycles. The molecule has 0 spiro atoms. The van der Waals surface area contributed by atoms with E-state index in [9.17, 15) is 0 Å². The zero-order chi connectivity index (χ0) is 30.9. The number of benzene rings is 6. The van der Waals surface area contributed by atoms with Crippen molar-refractivity contribution in [2.75, 3.05) is 0 Å². The van der Waals surface area contributed by atoms with E-state index in [2.05, 4.69) is 83.8 Å². The predicted octanol–water partition coefficient (Wildman–Crippen LogP) is 10.6. The number of furan rings is 1. The SMILES string of the molecule is c1ccc(-c2nc(-c3ccc(-c4cc5c6c(cccc6c4)-c4ccccc4-5)cc3)nc(-c3cccc4oc5ncccc5c34)n2)cc1. The van der Waals surface area contributed by atoms with Crippen molar-refractivity contribution in [2.45, 2.75) is 0 Å². The van der Waals surface area contributed by atoms with Gasteiger partial charge in [-0.3, -0.25) is 0 Å². The van der Waals surface area contributed by atoms with Gasteiger partial charge in [-0.05, 0) is 74.5 Å². The summed E-state index contributed by atoms with van der Waals surface area (Å²) in [4.78, 5) is 19.5. The van der Waals surface area contributed by atoms with Gasteiger partial charge >= 0.3 is 0 Å². The summed E-state index contributed by atoms with van der Waals surface area (Å²) in [6.07, 6.45) is 1.74. The Bertz CT molecular complexity index is 2680. The monoisotopic (exact) mass is 600 g/mol. The second kappa shape index (κ2) is 10.0. The number of pyridine rings is 1. The molecule has 0 saturated carbocycles. The van der Waals surface area contributed by atoms with Crippen molar-refractivity contribution in [1.29, 1.82) is 0 Å². The van der Waals surface area contributed by atoms with Crippen molar-refractivity contribution in [3.8, 4) is 67.5 Å². The summed E-state index contributed by atoms with van der Waals surface area (Å²) in [7, 11) is 0. The molecule has 0 fully saturated rings. The van der Waals surface area contributed by atoms with Gasteiger partial charge in [-0.15, -0.1) is 0 Å². The van der Waals surface area contributed by atoms with Gasteiger partial charge in [0.2, 0.25) is 5.71 Å². The zero-order valence-electron chi connectivity index (χ0n) is 25.1. The van der Waals surface area contributed by atoms with Gasteiger partial charge in [0.05, 0.1) is 0 Å². The largest absolute Gasteiger partial charge is 0.438 e. The van der Waals surface area contributed by atoms with Crippen LogP contribution < -0.4 is 0 Å². The number of aromatic nitrogens is 4. The molecule has 0 unspecified atom stereocenters. The average Bonchev–Trinajstić information content (AvgIpc) is 3.69. The number of hydrogen-bond acceptors (Lipinski definition) is 5. The molecule has 0 amide bonds. The fourth-order valence-corrected chi connectivity index (χ4v) is 6.98. The molecule has 6 aromatic carbocycles. The molecule has 3 aromatic heterocycles. The van der Waals surface area contributed by atoms with E-state index in [-0.39, 0.29) is 0 Å². The maximum atomic E-state index is 6.08. The predicted molar refractivity (Wildman–Crippen MR) is 189 cm³/mol. The zero-order valence-corrected chi connectivity index (χ0v) is 25.1. The van der Waals surface area contributed by atoms with E-state index >= 15 is 0 Å². The summed E-state index contributed by atoms with van der Waals surface area (Å²) >= 11 is 0. The van der Waals surface area contributed by atoms with Crippen molar-refractivity contribution in [3.63, 3.8) is 0 Å². The molecular formula is C42H24N4O. The Morgan fingerprint density at radius 1 is 0.404 bits per heavy atom. The molecule has 218 valence electrons. The summed E-state index contributed by atoms with van der Waals surface area (Å²) in [6.45, 7) is 0. The molecule has 9 aromatic rings. The van der Waals surface area contributed by atoms with Gasteiger partial charge in [0.25, 0.3) is 0 Å². The first kappa shape index (κ1) is 25.8. The van der Waals surface area contributed by atoms with Gasteiger partial charge in [0.15, 0.2) is 17.5 Å². The van der Waals surface area contributed by atoms with Crippen molar-refractivity contribution in [2.24, 2.45) is 0 Å². The van der Waals surface area contributed by atoms with Gasteiger partial charge in [0, 0.05) is 33.7 Å². The maximum Gasteiger partial charge on any atom is 0.227 e. The lowest BCUT2D eigenvalue weighted by Crippen LogP contribution is -2.00. The van der Waals surface area contributed by atoms with Crippen molar-refractivity contribution >= 4 is 32.8 Å². The highest BCUT2D eigenvalue weighted by atomic mass is 16.3. The summed E-state index contributed by atoms with van der Waals surface area (Å²) < 4.78 is 6.08. The number of hydrogen-bond donors (Lipinski definition) is 0. The van der Waals surface area contributed by atoms with Crippen molar-refractivity contribution in [1.82, 2.24) is 19.9 Å². The quantitative estimate of drug-likeness (QED) is 0.201. The fraction of sp³-hybridized carbons (Fsp3) is 0. The Labute approximate surface area is 269 Å². The number of fused-ring (bicyclic) bond motifs is 6. The van der Waals surface area contributed by atoms with Gasteiger partial charge < -0.3 is 4.42 Å². The van der Waals surface area contributed by atoms with E-state index in [0.717, 1.165) is 38.6 Å². The van der Waals surface area contributed by atoms with E-state index in [0.29, 0.717) is 23.2 Å². The lowest BCUT2D eigenvalue weighted by molar-refractivity contribution is 0.654. The smallest absolute Gasteiger partial charge is 0.227 e. The van der Waals surface area contributed by atoms with E-state index in [1.165, 1.54) is 38.6 Å². The lowest BCUT2D eigenvalue weighted by Gasteiger charge is -2.11. The fourth-order valence-electron chi connectivity index (χ4n) is 6.98. The van der Waals surface area contributed by atoms with E-state index in [1.807, 2.05) is 60.7 Å². The van der Waals surface area contributed by atoms with Gasteiger partial charge in [0.1, 0.15) is 5.58 Å². The van der Waals surface area contributed by atoms with Crippen LogP contribution in [0.3, 0.4) is 0 Å². The molecule has 0 radical (unpaired) electrons. The van der Waals surface area contributed by atoms with Crippen molar-refractivity contribution < 1.29 is 4.42 Å². The van der Waals surface area contributed by atoms with Crippen LogP contribution in [0.2, 0.25) is 0 Å². The molecule has 47 heavy (non-hydrogen) atoms. The normalized spacial score (nSPS) is 11.8. The van der Waals surface area contributed by atoms with Gasteiger partial charge in [-0.2, -0.15) is 0 Å². The highest BCUT2D eigenvalue weighted by molar-refractivity contribution is 6.16. The second-order valence-corrected chi connectivity index (χ2v) is 11.9. The first-order chi connectivity index (χ1) is 23.3. The number of nitrogens with zero attached hydrogens (tertiary/aromatic N) is 4. The maximum absolute atomic E-state index is 6.08. The van der Waals surface area contributed by atoms with Crippen LogP contribution in [0.1, 0.15) is 0 Å². The van der Waals surface area contributed by atoms with Crippen LogP contribution in [0.4, 0.5) is 0 Å². The molecule has 0 aliphatic heterocycles. The highest BCUT2D eigenvalue weighted by Gasteiger charge is 2.22. The molecule has 0 N–H and O–H groups in total. The van der Waals surface area contributed by atoms with Crippen LogP contribution in [-0.4, -0.2) is 19.9 Å². The molecule has 5 heteroatoms. The van der Waals surface area contributed by atoms with E-state index < -0.39 is 0 Å². The van der Waals surface area contributed by atoms with Crippen LogP contribution in [0.15, 0.2) is 150 Å². The Morgan fingerprint density at radius 2 is 1.06 bits per heavy atom. The first-order valence-corrected chi connectivity index (χ1v) is 15.6. The average molecular weight is 601 g/mol. The van der Waals surface area contributed by atoms with Crippen LogP contribution >= 0.6 is 0 Å². The van der Waals surface area contributed by atoms with Crippen LogP contribution in [0.5, 0.6) is 0 Å². The summed E-state index contributed by atoms with van der Waals surface area (Å²) in [5.74, 6) is 1.81. The summed E-state index contributed by atoms with van der Waals surface area (Å²) in [6, 6.07) is 48.4. The Kier molecular flexibility index (Phi) is 5.51. The second-order valence-electron chi connectivity index (χ2n) is 11.9. The van der Waals surface area contributed by atoms with Crippen LogP contribution in [-0.2, 0) is 0 Å². The summed E-state index contributed by atoms with van der Waals surface area (Å²) in [5.41, 5.74) is 11.6. The van der Waals surface area contributed by atoms with Gasteiger partial charge in [-0.1, -0.05) is 109 Å². The molecule has 0 atom stereocenters. The molecule has 0 bridgehead atoms. The third kappa shape index (κ3) is 4.03. The van der Waals surface area contributed by atoms with Gasteiger partial charge in [-0.25, -0.2) is 19.9 Å². The van der Waals surface area contributed by atoms with Crippen LogP contribution in [0, 0.1) is 0 Å². The molecule has 5 nitrogen and oxygen atoms in total. The minimum atomic E-state index is 0.585.